The second-order valence-corrected chi connectivity index (χ2v) is 1.55. The summed E-state index contributed by atoms with van der Waals surface area (Å²) in [6.45, 7) is 0. The normalized spacial score (nSPS) is 8.00. The second kappa shape index (κ2) is 4.02. The zero-order chi connectivity index (χ0) is 6.69. The van der Waals surface area contributed by atoms with E-state index < -0.39 is 5.97 Å². The minimum absolute atomic E-state index is 0. The minimum atomic E-state index is -0.942. The van der Waals surface area contributed by atoms with Crippen LogP contribution in [0.4, 0.5) is 0 Å². The van der Waals surface area contributed by atoms with Crippen molar-refractivity contribution in [3.8, 4) is 0 Å². The Morgan fingerprint density at radius 1 is 1.60 bits per heavy atom. The van der Waals surface area contributed by atoms with Gasteiger partial charge in [-0.2, -0.15) is 0 Å². The number of carbonyl (C=O) groups is 1. The molecule has 1 aromatic rings. The monoisotopic (exact) mass is 182 g/mol. The molecule has 0 atom stereocenters. The summed E-state index contributed by atoms with van der Waals surface area (Å²) in [5.74, 6) is -0.942. The van der Waals surface area contributed by atoms with E-state index >= 15 is 0 Å². The fourth-order valence-electron chi connectivity index (χ4n) is 0.489. The summed E-state index contributed by atoms with van der Waals surface area (Å²) in [6.07, 6.45) is 2.84. The number of hydrogen-bond acceptors (Lipinski definition) is 2. The molecule has 0 aromatic carbocycles. The molecule has 0 unspecified atom stereocenters. The molecular weight excluding hydrogens is 177 g/mol. The number of nitrogens with zero attached hydrogens (tertiary/aromatic N) is 1. The molecular formula is C6H5CoNO2. The molecule has 55 valence electrons. The van der Waals surface area contributed by atoms with E-state index in [9.17, 15) is 4.79 Å². The van der Waals surface area contributed by atoms with E-state index in [1.807, 2.05) is 0 Å². The van der Waals surface area contributed by atoms with E-state index in [1.54, 1.807) is 6.07 Å². The van der Waals surface area contributed by atoms with Gasteiger partial charge in [-0.25, -0.2) is 4.79 Å². The maximum atomic E-state index is 10.2. The van der Waals surface area contributed by atoms with Gasteiger partial charge in [-0.05, 0) is 12.1 Å². The van der Waals surface area contributed by atoms with Gasteiger partial charge in [0.05, 0.1) is 5.56 Å². The van der Waals surface area contributed by atoms with Crippen LogP contribution in [0.15, 0.2) is 24.5 Å². The number of aromatic nitrogens is 1. The molecule has 10 heavy (non-hydrogen) atoms. The number of carboxylic acid groups (broad SMARTS) is 1. The summed E-state index contributed by atoms with van der Waals surface area (Å²) in [4.78, 5) is 13.8. The van der Waals surface area contributed by atoms with Crippen molar-refractivity contribution < 1.29 is 26.7 Å². The summed E-state index contributed by atoms with van der Waals surface area (Å²) < 4.78 is 0. The van der Waals surface area contributed by atoms with Crippen LogP contribution in [-0.2, 0) is 16.8 Å². The summed E-state index contributed by atoms with van der Waals surface area (Å²) in [7, 11) is 0. The second-order valence-electron chi connectivity index (χ2n) is 1.55. The Balaban J connectivity index is 0.000000810. The largest absolute Gasteiger partial charge is 0.478 e. The first kappa shape index (κ1) is 9.13. The number of hydrogen-bond donors (Lipinski definition) is 1. The average molecular weight is 182 g/mol. The van der Waals surface area contributed by atoms with Gasteiger partial charge in [0.25, 0.3) is 0 Å². The summed E-state index contributed by atoms with van der Waals surface area (Å²) >= 11 is 0. The van der Waals surface area contributed by atoms with Crippen molar-refractivity contribution in [3.05, 3.63) is 30.1 Å². The molecule has 1 radical (unpaired) electrons. The van der Waals surface area contributed by atoms with Crippen molar-refractivity contribution >= 4 is 5.97 Å². The van der Waals surface area contributed by atoms with Crippen molar-refractivity contribution in [2.45, 2.75) is 0 Å². The van der Waals surface area contributed by atoms with Gasteiger partial charge in [0, 0.05) is 29.2 Å². The summed E-state index contributed by atoms with van der Waals surface area (Å²) in [5.41, 5.74) is 0.220. The first-order valence-corrected chi connectivity index (χ1v) is 2.44. The first-order valence-electron chi connectivity index (χ1n) is 2.44. The summed E-state index contributed by atoms with van der Waals surface area (Å²) in [5, 5.41) is 8.34. The SMILES string of the molecule is O=C(O)c1cccnc1.[Co]. The predicted molar refractivity (Wildman–Crippen MR) is 31.2 cm³/mol. The molecule has 0 aliphatic carbocycles. The maximum Gasteiger partial charge on any atom is 0.337 e. The fourth-order valence-corrected chi connectivity index (χ4v) is 0.489. The van der Waals surface area contributed by atoms with Crippen LogP contribution in [0.2, 0.25) is 0 Å². The van der Waals surface area contributed by atoms with Gasteiger partial charge >= 0.3 is 5.97 Å². The molecule has 0 bridgehead atoms. The van der Waals surface area contributed by atoms with E-state index in [2.05, 4.69) is 4.98 Å². The molecule has 0 fully saturated rings. The molecule has 1 N–H and O–H groups in total. The Hall–Kier alpha value is -0.874. The molecule has 0 amide bonds. The van der Waals surface area contributed by atoms with Crippen LogP contribution in [0.5, 0.6) is 0 Å². The molecule has 1 heterocycles. The third-order valence-electron chi connectivity index (χ3n) is 0.908. The van der Waals surface area contributed by atoms with E-state index in [1.165, 1.54) is 18.5 Å². The number of carboxylic acids is 1. The van der Waals surface area contributed by atoms with Crippen LogP contribution >= 0.6 is 0 Å². The fraction of sp³-hybridized carbons (Fsp3) is 0. The standard InChI is InChI=1S/C6H5NO2.Co/c8-6(9)5-2-1-3-7-4-5;/h1-4H,(H,8,9);. The van der Waals surface area contributed by atoms with Gasteiger partial charge in [0.15, 0.2) is 0 Å². The van der Waals surface area contributed by atoms with Crippen LogP contribution in [0, 0.1) is 0 Å². The van der Waals surface area contributed by atoms with Gasteiger partial charge in [-0.1, -0.05) is 0 Å². The van der Waals surface area contributed by atoms with E-state index in [4.69, 9.17) is 5.11 Å². The van der Waals surface area contributed by atoms with Crippen molar-refractivity contribution in [3.63, 3.8) is 0 Å². The van der Waals surface area contributed by atoms with Crippen LogP contribution in [-0.4, -0.2) is 16.1 Å². The Kier molecular flexibility index (Phi) is 3.67. The summed E-state index contributed by atoms with van der Waals surface area (Å²) in [6, 6.07) is 3.08. The molecule has 1 aromatic heterocycles. The van der Waals surface area contributed by atoms with Gasteiger partial charge in [0.1, 0.15) is 0 Å². The Labute approximate surface area is 68.3 Å². The van der Waals surface area contributed by atoms with Crippen molar-refractivity contribution in [1.29, 1.82) is 0 Å². The van der Waals surface area contributed by atoms with Crippen LogP contribution < -0.4 is 0 Å². The number of aromatic carboxylic acids is 1. The minimum Gasteiger partial charge on any atom is -0.478 e. The van der Waals surface area contributed by atoms with E-state index in [0.717, 1.165) is 0 Å². The van der Waals surface area contributed by atoms with E-state index in [-0.39, 0.29) is 22.3 Å². The zero-order valence-corrected chi connectivity index (χ0v) is 5.99. The Morgan fingerprint density at radius 2 is 2.30 bits per heavy atom. The molecule has 1 rings (SSSR count). The third-order valence-corrected chi connectivity index (χ3v) is 0.908. The molecule has 0 aliphatic rings. The number of rotatable bonds is 1. The van der Waals surface area contributed by atoms with E-state index in [0.29, 0.717) is 0 Å². The molecule has 0 spiro atoms. The molecule has 0 saturated carbocycles. The zero-order valence-electron chi connectivity index (χ0n) is 4.95. The Morgan fingerprint density at radius 3 is 2.60 bits per heavy atom. The van der Waals surface area contributed by atoms with Crippen molar-refractivity contribution in [2.24, 2.45) is 0 Å². The van der Waals surface area contributed by atoms with Gasteiger partial charge in [-0.15, -0.1) is 0 Å². The van der Waals surface area contributed by atoms with Crippen molar-refractivity contribution in [2.75, 3.05) is 0 Å². The number of pyridine rings is 1. The topological polar surface area (TPSA) is 50.2 Å². The third kappa shape index (κ3) is 2.16. The van der Waals surface area contributed by atoms with Crippen LogP contribution in [0.25, 0.3) is 0 Å². The Bertz CT molecular complexity index is 212. The quantitative estimate of drug-likeness (QED) is 0.697. The average Bonchev–Trinajstić information content (AvgIpc) is 1.90. The molecule has 0 saturated heterocycles. The van der Waals surface area contributed by atoms with Crippen LogP contribution in [0.1, 0.15) is 10.4 Å². The van der Waals surface area contributed by atoms with Gasteiger partial charge in [0.2, 0.25) is 0 Å². The predicted octanol–water partition coefficient (Wildman–Crippen LogP) is 0.777. The first-order chi connectivity index (χ1) is 4.30. The molecule has 3 nitrogen and oxygen atoms in total. The van der Waals surface area contributed by atoms with Gasteiger partial charge in [-0.3, -0.25) is 4.98 Å². The van der Waals surface area contributed by atoms with Gasteiger partial charge < -0.3 is 5.11 Å². The molecule has 0 aliphatic heterocycles. The molecule has 4 heteroatoms. The van der Waals surface area contributed by atoms with Crippen molar-refractivity contribution in [1.82, 2.24) is 4.98 Å². The smallest absolute Gasteiger partial charge is 0.337 e. The van der Waals surface area contributed by atoms with Crippen LogP contribution in [0.3, 0.4) is 0 Å². The maximum absolute atomic E-state index is 10.2.